The molecule has 1 saturated heterocycles. The zero-order valence-electron chi connectivity index (χ0n) is 11.9. The summed E-state index contributed by atoms with van der Waals surface area (Å²) in [5, 5.41) is 10.4. The molecule has 0 saturated carbocycles. The third-order valence-corrected chi connectivity index (χ3v) is 4.29. The van der Waals surface area contributed by atoms with E-state index in [0.29, 0.717) is 24.4 Å². The van der Waals surface area contributed by atoms with Crippen molar-refractivity contribution in [1.29, 1.82) is 0 Å². The van der Waals surface area contributed by atoms with E-state index in [-0.39, 0.29) is 11.7 Å². The van der Waals surface area contributed by atoms with Gasteiger partial charge in [-0.1, -0.05) is 11.6 Å². The van der Waals surface area contributed by atoms with Crippen LogP contribution in [-0.2, 0) is 16.1 Å². The quantitative estimate of drug-likeness (QED) is 0.866. The Labute approximate surface area is 128 Å². The molecule has 0 spiro atoms. The summed E-state index contributed by atoms with van der Waals surface area (Å²) in [5.74, 6) is -0.969. The van der Waals surface area contributed by atoms with Gasteiger partial charge in [0.1, 0.15) is 5.82 Å². The van der Waals surface area contributed by atoms with Crippen molar-refractivity contribution in [2.24, 2.45) is 5.92 Å². The number of aliphatic hydroxyl groups excluding tert-OH is 1. The number of likely N-dealkylation sites (tertiary alicyclic amines) is 1. The summed E-state index contributed by atoms with van der Waals surface area (Å²) < 4.78 is 17.8. The summed E-state index contributed by atoms with van der Waals surface area (Å²) in [6, 6.07) is 4.34. The van der Waals surface area contributed by atoms with Crippen LogP contribution in [0.15, 0.2) is 18.2 Å². The van der Waals surface area contributed by atoms with E-state index in [1.807, 2.05) is 0 Å². The van der Waals surface area contributed by atoms with Crippen molar-refractivity contribution >= 4 is 17.6 Å². The number of carbonyl (C=O) groups excluding carboxylic acids is 1. The number of halogens is 2. The predicted molar refractivity (Wildman–Crippen MR) is 77.4 cm³/mol. The zero-order chi connectivity index (χ0) is 15.4. The zero-order valence-corrected chi connectivity index (χ0v) is 12.6. The van der Waals surface area contributed by atoms with Crippen LogP contribution >= 0.6 is 11.6 Å². The summed E-state index contributed by atoms with van der Waals surface area (Å²) >= 11 is 6.06. The number of aliphatic hydroxyl groups is 1. The van der Waals surface area contributed by atoms with E-state index in [9.17, 15) is 14.3 Å². The number of piperidine rings is 1. The average molecular weight is 316 g/mol. The minimum Gasteiger partial charge on any atom is -0.467 e. The minimum absolute atomic E-state index is 0.0864. The standard InChI is InChI=1S/C15H19ClFNO3/c1-21-15(20)14(19)10-4-6-18(7-5-10)9-11-8-12(17)2-3-13(11)16/h2-3,8,10,14,19H,4-7,9H2,1H3/t14-/m0/s1. The van der Waals surface area contributed by atoms with Crippen LogP contribution in [0.1, 0.15) is 18.4 Å². The number of benzene rings is 1. The molecular weight excluding hydrogens is 297 g/mol. The van der Waals surface area contributed by atoms with Crippen molar-refractivity contribution in [1.82, 2.24) is 4.90 Å². The predicted octanol–water partition coefficient (Wildman–Crippen LogP) is 2.22. The van der Waals surface area contributed by atoms with E-state index >= 15 is 0 Å². The molecule has 0 unspecified atom stereocenters. The highest BCUT2D eigenvalue weighted by Gasteiger charge is 2.30. The van der Waals surface area contributed by atoms with E-state index < -0.39 is 12.1 Å². The molecule has 116 valence electrons. The van der Waals surface area contributed by atoms with Gasteiger partial charge in [0.05, 0.1) is 7.11 Å². The van der Waals surface area contributed by atoms with Crippen LogP contribution in [0, 0.1) is 11.7 Å². The molecule has 0 amide bonds. The monoisotopic (exact) mass is 315 g/mol. The Morgan fingerprint density at radius 2 is 2.19 bits per heavy atom. The maximum absolute atomic E-state index is 13.2. The van der Waals surface area contributed by atoms with Gasteiger partial charge in [0.25, 0.3) is 0 Å². The van der Waals surface area contributed by atoms with Gasteiger partial charge in [0.2, 0.25) is 0 Å². The van der Waals surface area contributed by atoms with Gasteiger partial charge >= 0.3 is 5.97 Å². The maximum atomic E-state index is 13.2. The van der Waals surface area contributed by atoms with E-state index in [1.165, 1.54) is 19.2 Å². The van der Waals surface area contributed by atoms with Crippen molar-refractivity contribution < 1.29 is 19.0 Å². The molecule has 1 heterocycles. The first kappa shape index (κ1) is 16.2. The van der Waals surface area contributed by atoms with Crippen LogP contribution in [0.5, 0.6) is 0 Å². The Morgan fingerprint density at radius 3 is 2.81 bits per heavy atom. The van der Waals surface area contributed by atoms with Gasteiger partial charge in [-0.25, -0.2) is 9.18 Å². The Morgan fingerprint density at radius 1 is 1.52 bits per heavy atom. The molecule has 0 radical (unpaired) electrons. The summed E-state index contributed by atoms with van der Waals surface area (Å²) in [6.07, 6.45) is 0.335. The highest BCUT2D eigenvalue weighted by Crippen LogP contribution is 2.25. The Balaban J connectivity index is 1.89. The molecule has 1 fully saturated rings. The second-order valence-electron chi connectivity index (χ2n) is 5.32. The van der Waals surface area contributed by atoms with Gasteiger partial charge in [-0.05, 0) is 55.6 Å². The van der Waals surface area contributed by atoms with Gasteiger partial charge < -0.3 is 9.84 Å². The fourth-order valence-corrected chi connectivity index (χ4v) is 2.82. The van der Waals surface area contributed by atoms with Crippen molar-refractivity contribution in [3.05, 3.63) is 34.6 Å². The molecule has 0 aromatic heterocycles. The second-order valence-corrected chi connectivity index (χ2v) is 5.72. The lowest BCUT2D eigenvalue weighted by Crippen LogP contribution is -2.40. The molecule has 2 rings (SSSR count). The second kappa shape index (κ2) is 7.20. The largest absolute Gasteiger partial charge is 0.467 e. The fourth-order valence-electron chi connectivity index (χ4n) is 2.65. The molecule has 1 atom stereocenters. The average Bonchev–Trinajstić information content (AvgIpc) is 2.50. The molecule has 1 aliphatic heterocycles. The van der Waals surface area contributed by atoms with Crippen molar-refractivity contribution in [2.75, 3.05) is 20.2 Å². The summed E-state index contributed by atoms with van der Waals surface area (Å²) in [7, 11) is 1.27. The molecule has 0 aliphatic carbocycles. The number of nitrogens with zero attached hydrogens (tertiary/aromatic N) is 1. The molecular formula is C15H19ClFNO3. The number of esters is 1. The van der Waals surface area contributed by atoms with Crippen LogP contribution in [0.3, 0.4) is 0 Å². The van der Waals surface area contributed by atoms with Gasteiger partial charge in [-0.2, -0.15) is 0 Å². The first-order valence-electron chi connectivity index (χ1n) is 6.93. The van der Waals surface area contributed by atoms with Crippen LogP contribution in [-0.4, -0.2) is 42.3 Å². The summed E-state index contributed by atoms with van der Waals surface area (Å²) in [4.78, 5) is 13.5. The molecule has 0 bridgehead atoms. The Kier molecular flexibility index (Phi) is 5.56. The molecule has 1 aromatic carbocycles. The molecule has 21 heavy (non-hydrogen) atoms. The van der Waals surface area contributed by atoms with E-state index in [1.54, 1.807) is 6.07 Å². The lowest BCUT2D eigenvalue weighted by Gasteiger charge is -2.33. The van der Waals surface area contributed by atoms with E-state index in [4.69, 9.17) is 11.6 Å². The van der Waals surface area contributed by atoms with Gasteiger partial charge in [0.15, 0.2) is 6.10 Å². The number of methoxy groups -OCH3 is 1. The molecule has 4 nitrogen and oxygen atoms in total. The van der Waals surface area contributed by atoms with E-state index in [2.05, 4.69) is 9.64 Å². The van der Waals surface area contributed by atoms with E-state index in [0.717, 1.165) is 18.7 Å². The maximum Gasteiger partial charge on any atom is 0.334 e. The normalized spacial score (nSPS) is 18.5. The van der Waals surface area contributed by atoms with Crippen molar-refractivity contribution in [3.8, 4) is 0 Å². The highest BCUT2D eigenvalue weighted by molar-refractivity contribution is 6.31. The first-order valence-corrected chi connectivity index (χ1v) is 7.31. The molecule has 1 aliphatic rings. The summed E-state index contributed by atoms with van der Waals surface area (Å²) in [6.45, 7) is 2.02. The van der Waals surface area contributed by atoms with Gasteiger partial charge in [-0.3, -0.25) is 4.90 Å². The van der Waals surface area contributed by atoms with Crippen LogP contribution in [0.25, 0.3) is 0 Å². The van der Waals surface area contributed by atoms with Crippen molar-refractivity contribution in [3.63, 3.8) is 0 Å². The minimum atomic E-state index is -1.06. The highest BCUT2D eigenvalue weighted by atomic mass is 35.5. The van der Waals surface area contributed by atoms with Crippen LogP contribution in [0.4, 0.5) is 4.39 Å². The fraction of sp³-hybridized carbons (Fsp3) is 0.533. The molecule has 1 N–H and O–H groups in total. The number of carbonyl (C=O) groups is 1. The van der Waals surface area contributed by atoms with Crippen LogP contribution in [0.2, 0.25) is 5.02 Å². The number of rotatable bonds is 4. The smallest absolute Gasteiger partial charge is 0.334 e. The summed E-state index contributed by atoms with van der Waals surface area (Å²) in [5.41, 5.74) is 0.753. The SMILES string of the molecule is COC(=O)[C@@H](O)C1CCN(Cc2cc(F)ccc2Cl)CC1. The first-order chi connectivity index (χ1) is 10.0. The number of hydrogen-bond donors (Lipinski definition) is 1. The molecule has 6 heteroatoms. The van der Waals surface area contributed by atoms with Crippen molar-refractivity contribution in [2.45, 2.75) is 25.5 Å². The lowest BCUT2D eigenvalue weighted by atomic mass is 9.91. The van der Waals surface area contributed by atoms with Gasteiger partial charge in [0, 0.05) is 11.6 Å². The van der Waals surface area contributed by atoms with Crippen LogP contribution < -0.4 is 0 Å². The lowest BCUT2D eigenvalue weighted by molar-refractivity contribution is -0.154. The topological polar surface area (TPSA) is 49.8 Å². The third-order valence-electron chi connectivity index (χ3n) is 3.92. The van der Waals surface area contributed by atoms with Gasteiger partial charge in [-0.15, -0.1) is 0 Å². The number of hydrogen-bond acceptors (Lipinski definition) is 4. The Bertz CT molecular complexity index is 504. The number of ether oxygens (including phenoxy) is 1. The Hall–Kier alpha value is -1.17. The third kappa shape index (κ3) is 4.15. The molecule has 1 aromatic rings.